The summed E-state index contributed by atoms with van der Waals surface area (Å²) in [6.45, 7) is 2.29. The lowest BCUT2D eigenvalue weighted by molar-refractivity contribution is -0.384. The average molecular weight is 608 g/mol. The number of carbonyl (C=O) groups is 3. The minimum absolute atomic E-state index is 0.120. The summed E-state index contributed by atoms with van der Waals surface area (Å²) in [5, 5.41) is 25.1. The Morgan fingerprint density at radius 3 is 2.20 bits per heavy atom. The summed E-state index contributed by atoms with van der Waals surface area (Å²) < 4.78 is 0. The number of nitro groups is 1. The topological polar surface area (TPSA) is 130 Å². The molecule has 0 aromatic heterocycles. The van der Waals surface area contributed by atoms with Crippen molar-refractivity contribution in [3.8, 4) is 0 Å². The van der Waals surface area contributed by atoms with E-state index in [1.807, 2.05) is 78.9 Å². The third-order valence-electron chi connectivity index (χ3n) is 8.73. The molecule has 2 N–H and O–H groups in total. The van der Waals surface area contributed by atoms with Crippen molar-refractivity contribution in [2.24, 2.45) is 11.8 Å². The predicted octanol–water partition coefficient (Wildman–Crippen LogP) is 6.21. The zero-order valence-electron chi connectivity index (χ0n) is 25.2. The van der Waals surface area contributed by atoms with Crippen molar-refractivity contribution in [3.63, 3.8) is 0 Å². The van der Waals surface area contributed by atoms with E-state index < -0.39 is 40.2 Å². The Hall–Kier alpha value is -4.89. The molecule has 9 nitrogen and oxygen atoms in total. The van der Waals surface area contributed by atoms with E-state index in [-0.39, 0.29) is 24.6 Å². The van der Waals surface area contributed by atoms with Crippen LogP contribution < -0.4 is 5.32 Å². The molecule has 0 aliphatic carbocycles. The Morgan fingerprint density at radius 2 is 1.58 bits per heavy atom. The monoisotopic (exact) mass is 607 g/mol. The van der Waals surface area contributed by atoms with Gasteiger partial charge in [-0.3, -0.25) is 34.7 Å². The van der Waals surface area contributed by atoms with Gasteiger partial charge in [0.15, 0.2) is 0 Å². The van der Waals surface area contributed by atoms with Crippen LogP contribution in [0.3, 0.4) is 0 Å². The Bertz CT molecular complexity index is 1600. The molecule has 4 unspecified atom stereocenters. The first kappa shape index (κ1) is 31.5. The van der Waals surface area contributed by atoms with Gasteiger partial charge in [-0.25, -0.2) is 0 Å². The van der Waals surface area contributed by atoms with Crippen LogP contribution in [-0.4, -0.2) is 44.8 Å². The van der Waals surface area contributed by atoms with E-state index in [4.69, 9.17) is 0 Å². The quantitative estimate of drug-likeness (QED) is 0.0590. The number of hydrogen-bond donors (Lipinski definition) is 2. The number of carboxylic acid groups (broad SMARTS) is 1. The lowest BCUT2D eigenvalue weighted by Gasteiger charge is -2.31. The van der Waals surface area contributed by atoms with Crippen LogP contribution >= 0.6 is 0 Å². The molecular formula is C36H37N3O6. The number of hydrogen-bond acceptors (Lipinski definition) is 6. The first-order valence-electron chi connectivity index (χ1n) is 15.3. The molecule has 3 aromatic rings. The Kier molecular flexibility index (Phi) is 9.68. The normalized spacial score (nSPS) is 22.9. The number of carboxylic acids is 1. The summed E-state index contributed by atoms with van der Waals surface area (Å²) in [6, 6.07) is 22.3. The number of non-ortho nitro benzene ring substituents is 1. The number of rotatable bonds is 13. The van der Waals surface area contributed by atoms with E-state index in [1.54, 1.807) is 0 Å². The van der Waals surface area contributed by atoms with Crippen molar-refractivity contribution in [2.45, 2.75) is 50.6 Å². The summed E-state index contributed by atoms with van der Waals surface area (Å²) in [5.41, 5.74) is 1.28. The SMILES string of the molecule is CCCCC=CCCN1C(=O)C2C(c3ccc(C=Cc4ccccc4)cc3)NC(Cc3ccc([N+](=O)[O-])cc3)(C(=O)O)C2C1=O. The van der Waals surface area contributed by atoms with Crippen LogP contribution in [0.1, 0.15) is 60.9 Å². The molecule has 2 fully saturated rings. The molecule has 232 valence electrons. The van der Waals surface area contributed by atoms with Crippen LogP contribution in [0.2, 0.25) is 0 Å². The van der Waals surface area contributed by atoms with Crippen molar-refractivity contribution in [1.82, 2.24) is 10.2 Å². The number of allylic oxidation sites excluding steroid dienone is 1. The molecule has 3 aromatic carbocycles. The molecule has 5 rings (SSSR count). The molecule has 2 amide bonds. The fourth-order valence-electron chi connectivity index (χ4n) is 6.39. The highest BCUT2D eigenvalue weighted by Gasteiger charge is 2.68. The van der Waals surface area contributed by atoms with Gasteiger partial charge in [0.05, 0.1) is 16.8 Å². The second kappa shape index (κ2) is 13.8. The second-order valence-corrected chi connectivity index (χ2v) is 11.6. The van der Waals surface area contributed by atoms with Crippen molar-refractivity contribution < 1.29 is 24.4 Å². The second-order valence-electron chi connectivity index (χ2n) is 11.6. The van der Waals surface area contributed by atoms with Gasteiger partial charge < -0.3 is 5.11 Å². The average Bonchev–Trinajstić information content (AvgIpc) is 3.52. The van der Waals surface area contributed by atoms with E-state index >= 15 is 0 Å². The van der Waals surface area contributed by atoms with Crippen molar-refractivity contribution in [2.75, 3.05) is 6.54 Å². The highest BCUT2D eigenvalue weighted by molar-refractivity contribution is 6.09. The van der Waals surface area contributed by atoms with Crippen LogP contribution in [0.25, 0.3) is 12.2 Å². The van der Waals surface area contributed by atoms with Gasteiger partial charge in [-0.05, 0) is 35.1 Å². The van der Waals surface area contributed by atoms with Gasteiger partial charge in [0, 0.05) is 31.1 Å². The maximum atomic E-state index is 13.9. The van der Waals surface area contributed by atoms with Crippen LogP contribution in [0, 0.1) is 22.0 Å². The van der Waals surface area contributed by atoms with E-state index in [1.165, 1.54) is 29.2 Å². The summed E-state index contributed by atoms with van der Waals surface area (Å²) in [4.78, 5) is 52.9. The molecular weight excluding hydrogens is 570 g/mol. The van der Waals surface area contributed by atoms with Crippen molar-refractivity contribution in [3.05, 3.63) is 123 Å². The summed E-state index contributed by atoms with van der Waals surface area (Å²) >= 11 is 0. The Balaban J connectivity index is 1.46. The maximum absolute atomic E-state index is 13.9. The van der Waals surface area contributed by atoms with Crippen LogP contribution in [0.5, 0.6) is 0 Å². The van der Waals surface area contributed by atoms with E-state index in [0.29, 0.717) is 17.5 Å². The number of nitrogens with zero attached hydrogens (tertiary/aromatic N) is 2. The molecule has 4 atom stereocenters. The first-order chi connectivity index (χ1) is 21.7. The summed E-state index contributed by atoms with van der Waals surface area (Å²) in [7, 11) is 0. The molecule has 2 aliphatic rings. The number of carbonyl (C=O) groups excluding carboxylic acids is 2. The summed E-state index contributed by atoms with van der Waals surface area (Å²) in [5.74, 6) is -4.20. The third-order valence-corrected chi connectivity index (χ3v) is 8.73. The lowest BCUT2D eigenvalue weighted by Crippen LogP contribution is -2.57. The maximum Gasteiger partial charge on any atom is 0.325 e. The minimum atomic E-state index is -1.80. The zero-order chi connectivity index (χ0) is 32.0. The molecule has 0 saturated carbocycles. The number of imide groups is 1. The fourth-order valence-corrected chi connectivity index (χ4v) is 6.39. The molecule has 0 radical (unpaired) electrons. The van der Waals surface area contributed by atoms with Gasteiger partial charge in [-0.2, -0.15) is 0 Å². The molecule has 0 bridgehead atoms. The number of nitro benzene ring substituents is 1. The van der Waals surface area contributed by atoms with Crippen LogP contribution in [0.4, 0.5) is 5.69 Å². The fraction of sp³-hybridized carbons (Fsp3) is 0.306. The van der Waals surface area contributed by atoms with Gasteiger partial charge in [0.2, 0.25) is 11.8 Å². The standard InChI is InChI=1S/C36H37N3O6/c1-2-3-4-5-6-10-23-38-33(40)30-31(34(38)41)36(35(42)43,24-27-17-21-29(22-18-27)39(44)45)37-32(30)28-19-15-26(16-20-28)14-13-25-11-8-7-9-12-25/h5-9,11-22,30-32,37H,2-4,10,23-24H2,1H3,(H,42,43). The molecule has 2 heterocycles. The molecule has 2 aliphatic heterocycles. The van der Waals surface area contributed by atoms with Gasteiger partial charge in [0.25, 0.3) is 5.69 Å². The minimum Gasteiger partial charge on any atom is -0.480 e. The first-order valence-corrected chi connectivity index (χ1v) is 15.3. The van der Waals surface area contributed by atoms with Gasteiger partial charge >= 0.3 is 5.97 Å². The number of aliphatic carboxylic acids is 1. The van der Waals surface area contributed by atoms with Crippen LogP contribution in [0.15, 0.2) is 91.0 Å². The predicted molar refractivity (Wildman–Crippen MR) is 172 cm³/mol. The lowest BCUT2D eigenvalue weighted by atomic mass is 9.76. The number of likely N-dealkylation sites (tertiary alicyclic amines) is 1. The van der Waals surface area contributed by atoms with Gasteiger partial charge in [-0.1, -0.05) is 111 Å². The Morgan fingerprint density at radius 1 is 0.933 bits per heavy atom. The van der Waals surface area contributed by atoms with Crippen LogP contribution in [-0.2, 0) is 20.8 Å². The highest BCUT2D eigenvalue weighted by atomic mass is 16.6. The number of fused-ring (bicyclic) bond motifs is 1. The van der Waals surface area contributed by atoms with E-state index in [0.717, 1.165) is 30.4 Å². The number of benzene rings is 3. The highest BCUT2D eigenvalue weighted by Crippen LogP contribution is 2.50. The number of nitrogens with one attached hydrogen (secondary N) is 1. The smallest absolute Gasteiger partial charge is 0.325 e. The van der Waals surface area contributed by atoms with Crippen molar-refractivity contribution in [1.29, 1.82) is 0 Å². The number of amides is 2. The van der Waals surface area contributed by atoms with E-state index in [2.05, 4.69) is 12.2 Å². The molecule has 2 saturated heterocycles. The van der Waals surface area contributed by atoms with Crippen molar-refractivity contribution >= 4 is 35.6 Å². The Labute approximate surface area is 262 Å². The van der Waals surface area contributed by atoms with Gasteiger partial charge in [-0.15, -0.1) is 0 Å². The number of unbranched alkanes of at least 4 members (excludes halogenated alkanes) is 2. The van der Waals surface area contributed by atoms with Gasteiger partial charge in [0.1, 0.15) is 5.54 Å². The molecule has 45 heavy (non-hydrogen) atoms. The third kappa shape index (κ3) is 6.63. The molecule has 9 heteroatoms. The summed E-state index contributed by atoms with van der Waals surface area (Å²) in [6.07, 6.45) is 11.4. The largest absolute Gasteiger partial charge is 0.480 e. The molecule has 0 spiro atoms. The zero-order valence-corrected chi connectivity index (χ0v) is 25.2. The van der Waals surface area contributed by atoms with E-state index in [9.17, 15) is 29.6 Å².